The predicted molar refractivity (Wildman–Crippen MR) is 56.0 cm³/mol. The van der Waals surface area contributed by atoms with E-state index in [0.717, 1.165) is 12.8 Å². The maximum absolute atomic E-state index is 10.6. The SMILES string of the molecule is CCCCCCC(C)C(=O)Cl.Cl. The zero-order valence-electron chi connectivity index (χ0n) is 7.81. The highest BCUT2D eigenvalue weighted by Gasteiger charge is 2.07. The van der Waals surface area contributed by atoms with E-state index >= 15 is 0 Å². The van der Waals surface area contributed by atoms with Gasteiger partial charge in [0.15, 0.2) is 0 Å². The van der Waals surface area contributed by atoms with Gasteiger partial charge in [-0.15, -0.1) is 12.4 Å². The molecule has 0 aromatic carbocycles. The van der Waals surface area contributed by atoms with Crippen molar-refractivity contribution in [3.05, 3.63) is 0 Å². The van der Waals surface area contributed by atoms with Crippen molar-refractivity contribution in [1.29, 1.82) is 0 Å². The fourth-order valence-electron chi connectivity index (χ4n) is 0.991. The zero-order chi connectivity index (χ0) is 8.69. The maximum atomic E-state index is 10.6. The Hall–Kier alpha value is 0.250. The third kappa shape index (κ3) is 8.35. The largest absolute Gasteiger partial charge is 0.281 e. The first-order valence-corrected chi connectivity index (χ1v) is 4.75. The first-order chi connectivity index (χ1) is 5.18. The van der Waals surface area contributed by atoms with E-state index in [-0.39, 0.29) is 23.6 Å². The first kappa shape index (κ1) is 14.8. The van der Waals surface area contributed by atoms with Gasteiger partial charge in [0.05, 0.1) is 0 Å². The molecule has 0 bridgehead atoms. The Kier molecular flexibility index (Phi) is 11.5. The van der Waals surface area contributed by atoms with Crippen molar-refractivity contribution >= 4 is 29.3 Å². The van der Waals surface area contributed by atoms with Crippen LogP contribution in [0.1, 0.15) is 46.0 Å². The Morgan fingerprint density at radius 1 is 1.33 bits per heavy atom. The molecular formula is C9H18Cl2O. The van der Waals surface area contributed by atoms with Crippen LogP contribution < -0.4 is 0 Å². The molecular weight excluding hydrogens is 195 g/mol. The number of carbonyl (C=O) groups excluding carboxylic acids is 1. The molecule has 0 saturated heterocycles. The Morgan fingerprint density at radius 2 is 1.92 bits per heavy atom. The normalized spacial score (nSPS) is 11.9. The van der Waals surface area contributed by atoms with Crippen LogP contribution in [0.4, 0.5) is 0 Å². The minimum absolute atomic E-state index is 0. The summed E-state index contributed by atoms with van der Waals surface area (Å²) in [5.41, 5.74) is 0. The molecule has 12 heavy (non-hydrogen) atoms. The highest BCUT2D eigenvalue weighted by molar-refractivity contribution is 6.63. The second-order valence-corrected chi connectivity index (χ2v) is 3.43. The van der Waals surface area contributed by atoms with Gasteiger partial charge in [0.25, 0.3) is 0 Å². The average molecular weight is 213 g/mol. The summed E-state index contributed by atoms with van der Waals surface area (Å²) in [6.45, 7) is 4.07. The van der Waals surface area contributed by atoms with Crippen LogP contribution in [0.3, 0.4) is 0 Å². The highest BCUT2D eigenvalue weighted by atomic mass is 35.5. The number of unbranched alkanes of at least 4 members (excludes halogenated alkanes) is 3. The van der Waals surface area contributed by atoms with Gasteiger partial charge in [0, 0.05) is 5.92 Å². The van der Waals surface area contributed by atoms with Crippen molar-refractivity contribution in [2.24, 2.45) is 5.92 Å². The molecule has 74 valence electrons. The van der Waals surface area contributed by atoms with Crippen molar-refractivity contribution in [3.63, 3.8) is 0 Å². The molecule has 1 atom stereocenters. The summed E-state index contributed by atoms with van der Waals surface area (Å²) < 4.78 is 0. The molecule has 0 aliphatic heterocycles. The average Bonchev–Trinajstić information content (AvgIpc) is 1.97. The van der Waals surface area contributed by atoms with Gasteiger partial charge in [0.2, 0.25) is 5.24 Å². The Labute approximate surface area is 86.3 Å². The van der Waals surface area contributed by atoms with Gasteiger partial charge in [-0.05, 0) is 18.0 Å². The third-order valence-corrected chi connectivity index (χ3v) is 2.25. The van der Waals surface area contributed by atoms with Crippen molar-refractivity contribution in [2.45, 2.75) is 46.0 Å². The van der Waals surface area contributed by atoms with Crippen molar-refractivity contribution in [2.75, 3.05) is 0 Å². The van der Waals surface area contributed by atoms with E-state index in [2.05, 4.69) is 6.92 Å². The standard InChI is InChI=1S/C9H17ClO.ClH/c1-3-4-5-6-7-8(2)9(10)11;/h8H,3-7H2,1-2H3;1H. The maximum Gasteiger partial charge on any atom is 0.224 e. The topological polar surface area (TPSA) is 17.1 Å². The molecule has 1 nitrogen and oxygen atoms in total. The fourth-order valence-corrected chi connectivity index (χ4v) is 1.10. The Morgan fingerprint density at radius 3 is 2.33 bits per heavy atom. The smallest absolute Gasteiger partial charge is 0.224 e. The lowest BCUT2D eigenvalue weighted by molar-refractivity contribution is -0.114. The van der Waals surface area contributed by atoms with E-state index in [1.54, 1.807) is 0 Å². The summed E-state index contributed by atoms with van der Waals surface area (Å²) in [4.78, 5) is 10.6. The van der Waals surface area contributed by atoms with Crippen LogP contribution in [-0.4, -0.2) is 5.24 Å². The molecule has 0 amide bonds. The van der Waals surface area contributed by atoms with Crippen LogP contribution in [0.25, 0.3) is 0 Å². The molecule has 0 aliphatic carbocycles. The number of halogens is 2. The molecule has 0 fully saturated rings. The lowest BCUT2D eigenvalue weighted by Crippen LogP contribution is -2.02. The summed E-state index contributed by atoms with van der Waals surface area (Å²) in [6, 6.07) is 0. The molecule has 0 spiro atoms. The predicted octanol–water partition coefficient (Wildman–Crippen LogP) is 3.78. The summed E-state index contributed by atoms with van der Waals surface area (Å²) in [5, 5.41) is -0.193. The van der Waals surface area contributed by atoms with E-state index in [0.29, 0.717) is 0 Å². The number of carbonyl (C=O) groups is 1. The Bertz CT molecular complexity index is 115. The molecule has 0 aliphatic rings. The van der Waals surface area contributed by atoms with Crippen LogP contribution in [0, 0.1) is 5.92 Å². The molecule has 0 saturated carbocycles. The molecule has 0 rings (SSSR count). The minimum Gasteiger partial charge on any atom is -0.281 e. The third-order valence-electron chi connectivity index (χ3n) is 1.88. The van der Waals surface area contributed by atoms with Gasteiger partial charge in [-0.25, -0.2) is 0 Å². The van der Waals surface area contributed by atoms with Crippen LogP contribution in [0.5, 0.6) is 0 Å². The second-order valence-electron chi connectivity index (χ2n) is 3.05. The first-order valence-electron chi connectivity index (χ1n) is 4.37. The van der Waals surface area contributed by atoms with Gasteiger partial charge in [-0.3, -0.25) is 4.79 Å². The quantitative estimate of drug-likeness (QED) is 0.484. The summed E-state index contributed by atoms with van der Waals surface area (Å²) in [7, 11) is 0. The van der Waals surface area contributed by atoms with E-state index in [1.165, 1.54) is 19.3 Å². The molecule has 0 radical (unpaired) electrons. The van der Waals surface area contributed by atoms with E-state index in [1.807, 2.05) is 6.92 Å². The number of rotatable bonds is 6. The van der Waals surface area contributed by atoms with E-state index in [9.17, 15) is 4.79 Å². The monoisotopic (exact) mass is 212 g/mol. The molecule has 0 aromatic heterocycles. The molecule has 0 aromatic rings. The van der Waals surface area contributed by atoms with Crippen LogP contribution in [0.15, 0.2) is 0 Å². The van der Waals surface area contributed by atoms with E-state index in [4.69, 9.17) is 11.6 Å². The molecule has 1 unspecified atom stereocenters. The zero-order valence-corrected chi connectivity index (χ0v) is 9.38. The highest BCUT2D eigenvalue weighted by Crippen LogP contribution is 2.12. The number of hydrogen-bond acceptors (Lipinski definition) is 1. The molecule has 3 heteroatoms. The molecule has 0 heterocycles. The summed E-state index contributed by atoms with van der Waals surface area (Å²) >= 11 is 5.30. The fraction of sp³-hybridized carbons (Fsp3) is 0.889. The molecule has 0 N–H and O–H groups in total. The Balaban J connectivity index is 0. The van der Waals surface area contributed by atoms with Gasteiger partial charge in [0.1, 0.15) is 0 Å². The van der Waals surface area contributed by atoms with Crippen molar-refractivity contribution in [1.82, 2.24) is 0 Å². The van der Waals surface area contributed by atoms with Gasteiger partial charge < -0.3 is 0 Å². The van der Waals surface area contributed by atoms with Gasteiger partial charge >= 0.3 is 0 Å². The lowest BCUT2D eigenvalue weighted by atomic mass is 10.0. The lowest BCUT2D eigenvalue weighted by Gasteiger charge is -2.04. The van der Waals surface area contributed by atoms with Gasteiger partial charge in [-0.1, -0.05) is 39.5 Å². The second kappa shape index (κ2) is 9.34. The number of hydrogen-bond donors (Lipinski definition) is 0. The van der Waals surface area contributed by atoms with E-state index < -0.39 is 0 Å². The minimum atomic E-state index is -0.193. The summed E-state index contributed by atoms with van der Waals surface area (Å²) in [6.07, 6.45) is 5.81. The van der Waals surface area contributed by atoms with Crippen LogP contribution >= 0.6 is 24.0 Å². The summed E-state index contributed by atoms with van der Waals surface area (Å²) in [5.74, 6) is 0.0496. The van der Waals surface area contributed by atoms with Crippen LogP contribution in [0.2, 0.25) is 0 Å². The van der Waals surface area contributed by atoms with Crippen LogP contribution in [-0.2, 0) is 4.79 Å². The van der Waals surface area contributed by atoms with Crippen molar-refractivity contribution < 1.29 is 4.79 Å². The van der Waals surface area contributed by atoms with Crippen molar-refractivity contribution in [3.8, 4) is 0 Å². The van der Waals surface area contributed by atoms with Gasteiger partial charge in [-0.2, -0.15) is 0 Å².